The van der Waals surface area contributed by atoms with Gasteiger partial charge in [0.1, 0.15) is 0 Å². The van der Waals surface area contributed by atoms with Crippen molar-refractivity contribution in [2.75, 3.05) is 12.4 Å². The Labute approximate surface area is 92.5 Å². The van der Waals surface area contributed by atoms with Crippen LogP contribution in [0.15, 0.2) is 24.3 Å². The first-order valence-electron chi connectivity index (χ1n) is 3.39. The normalized spacial score (nSPS) is 9.71. The minimum Gasteiger partial charge on any atom is -0.388 e. The third-order valence-electron chi connectivity index (χ3n) is 1.50. The maximum atomic E-state index is 12.0. The van der Waals surface area contributed by atoms with Gasteiger partial charge in [-0.25, -0.2) is 0 Å². The Balaban J connectivity index is 0. The third kappa shape index (κ3) is 4.07. The van der Waals surface area contributed by atoms with Gasteiger partial charge in [0.25, 0.3) is 0 Å². The third-order valence-corrected chi connectivity index (χ3v) is 1.50. The van der Waals surface area contributed by atoms with E-state index in [4.69, 9.17) is 0 Å². The molecular formula is C8H10Cl2F3N. The Morgan fingerprint density at radius 2 is 1.43 bits per heavy atom. The second-order valence-electron chi connectivity index (χ2n) is 2.33. The van der Waals surface area contributed by atoms with Crippen LogP contribution in [-0.4, -0.2) is 7.05 Å². The van der Waals surface area contributed by atoms with Gasteiger partial charge in [0.05, 0.1) is 5.56 Å². The van der Waals surface area contributed by atoms with E-state index in [0.29, 0.717) is 5.69 Å². The van der Waals surface area contributed by atoms with Gasteiger partial charge in [-0.1, -0.05) is 0 Å². The molecule has 14 heavy (non-hydrogen) atoms. The van der Waals surface area contributed by atoms with Gasteiger partial charge >= 0.3 is 6.18 Å². The predicted octanol–water partition coefficient (Wildman–Crippen LogP) is 3.59. The number of halogens is 5. The van der Waals surface area contributed by atoms with Crippen LogP contribution in [0.3, 0.4) is 0 Å². The van der Waals surface area contributed by atoms with E-state index in [-0.39, 0.29) is 24.8 Å². The van der Waals surface area contributed by atoms with Crippen LogP contribution in [0.25, 0.3) is 0 Å². The summed E-state index contributed by atoms with van der Waals surface area (Å²) < 4.78 is 36.0. The Morgan fingerprint density at radius 3 is 1.71 bits per heavy atom. The lowest BCUT2D eigenvalue weighted by Crippen LogP contribution is -2.04. The van der Waals surface area contributed by atoms with Crippen molar-refractivity contribution in [1.82, 2.24) is 0 Å². The fraction of sp³-hybridized carbons (Fsp3) is 0.250. The Hall–Kier alpha value is -0.610. The van der Waals surface area contributed by atoms with E-state index in [0.717, 1.165) is 12.1 Å². The van der Waals surface area contributed by atoms with Gasteiger partial charge in [0, 0.05) is 12.7 Å². The van der Waals surface area contributed by atoms with Gasteiger partial charge in [0.2, 0.25) is 0 Å². The predicted molar refractivity (Wildman–Crippen MR) is 55.5 cm³/mol. The summed E-state index contributed by atoms with van der Waals surface area (Å²) in [5.74, 6) is 0. The van der Waals surface area contributed by atoms with Crippen LogP contribution in [0.5, 0.6) is 0 Å². The highest BCUT2D eigenvalue weighted by Gasteiger charge is 2.29. The summed E-state index contributed by atoms with van der Waals surface area (Å²) in [6.45, 7) is 0. The number of hydrogen-bond donors (Lipinski definition) is 1. The summed E-state index contributed by atoms with van der Waals surface area (Å²) in [5.41, 5.74) is 0.0458. The zero-order chi connectivity index (χ0) is 9.19. The molecule has 82 valence electrons. The number of nitrogens with one attached hydrogen (secondary N) is 1. The molecule has 0 aromatic heterocycles. The molecule has 1 rings (SSSR count). The Bertz CT molecular complexity index is 258. The smallest absolute Gasteiger partial charge is 0.388 e. The highest BCUT2D eigenvalue weighted by molar-refractivity contribution is 5.85. The van der Waals surface area contributed by atoms with E-state index < -0.39 is 11.7 Å². The maximum Gasteiger partial charge on any atom is 0.416 e. The van der Waals surface area contributed by atoms with E-state index in [1.54, 1.807) is 7.05 Å². The molecule has 6 heteroatoms. The molecule has 0 bridgehead atoms. The number of hydrogen-bond acceptors (Lipinski definition) is 1. The zero-order valence-electron chi connectivity index (χ0n) is 7.26. The molecule has 0 spiro atoms. The van der Waals surface area contributed by atoms with Crippen molar-refractivity contribution in [2.24, 2.45) is 0 Å². The molecule has 0 atom stereocenters. The van der Waals surface area contributed by atoms with Crippen molar-refractivity contribution in [1.29, 1.82) is 0 Å². The summed E-state index contributed by atoms with van der Waals surface area (Å²) in [6.07, 6.45) is -4.24. The van der Waals surface area contributed by atoms with E-state index >= 15 is 0 Å². The molecule has 1 N–H and O–H groups in total. The molecule has 0 fully saturated rings. The van der Waals surface area contributed by atoms with Crippen molar-refractivity contribution in [3.63, 3.8) is 0 Å². The van der Waals surface area contributed by atoms with Crippen molar-refractivity contribution < 1.29 is 13.2 Å². The molecule has 0 unspecified atom stereocenters. The fourth-order valence-electron chi connectivity index (χ4n) is 0.826. The standard InChI is InChI=1S/C8H8F3N.2ClH/c1-12-7-4-2-6(3-5-7)8(9,10)11;;/h2-5,12H,1H3;2*1H. The van der Waals surface area contributed by atoms with Gasteiger partial charge in [0.15, 0.2) is 0 Å². The van der Waals surface area contributed by atoms with Gasteiger partial charge in [-0.05, 0) is 24.3 Å². The first kappa shape index (κ1) is 15.8. The second kappa shape index (κ2) is 5.98. The van der Waals surface area contributed by atoms with Crippen molar-refractivity contribution in [3.8, 4) is 0 Å². The average Bonchev–Trinajstić information content (AvgIpc) is 2.03. The second-order valence-corrected chi connectivity index (χ2v) is 2.33. The lowest BCUT2D eigenvalue weighted by molar-refractivity contribution is -0.137. The van der Waals surface area contributed by atoms with Gasteiger partial charge in [-0.15, -0.1) is 24.8 Å². The molecule has 1 nitrogen and oxygen atoms in total. The summed E-state index contributed by atoms with van der Waals surface area (Å²) in [7, 11) is 1.66. The van der Waals surface area contributed by atoms with Crippen molar-refractivity contribution >= 4 is 30.5 Å². The summed E-state index contributed by atoms with van der Waals surface area (Å²) in [6, 6.07) is 4.88. The molecule has 0 radical (unpaired) electrons. The molecule has 0 aliphatic rings. The topological polar surface area (TPSA) is 12.0 Å². The number of benzene rings is 1. The van der Waals surface area contributed by atoms with E-state index in [1.165, 1.54) is 12.1 Å². The van der Waals surface area contributed by atoms with Crippen LogP contribution >= 0.6 is 24.8 Å². The van der Waals surface area contributed by atoms with Gasteiger partial charge < -0.3 is 5.32 Å². The molecule has 0 amide bonds. The first-order chi connectivity index (χ1) is 5.54. The van der Waals surface area contributed by atoms with Crippen LogP contribution in [0.1, 0.15) is 5.56 Å². The molecular weight excluding hydrogens is 238 g/mol. The lowest BCUT2D eigenvalue weighted by atomic mass is 10.2. The molecule has 0 aliphatic carbocycles. The summed E-state index contributed by atoms with van der Waals surface area (Å²) in [4.78, 5) is 0. The van der Waals surface area contributed by atoms with E-state index in [1.807, 2.05) is 0 Å². The van der Waals surface area contributed by atoms with Crippen LogP contribution in [0, 0.1) is 0 Å². The highest BCUT2D eigenvalue weighted by atomic mass is 35.5. The summed E-state index contributed by atoms with van der Waals surface area (Å²) >= 11 is 0. The molecule has 0 saturated heterocycles. The monoisotopic (exact) mass is 247 g/mol. The largest absolute Gasteiger partial charge is 0.416 e. The highest BCUT2D eigenvalue weighted by Crippen LogP contribution is 2.29. The Morgan fingerprint density at radius 1 is 1.00 bits per heavy atom. The molecule has 1 aromatic carbocycles. The van der Waals surface area contributed by atoms with Crippen LogP contribution < -0.4 is 5.32 Å². The van der Waals surface area contributed by atoms with Crippen molar-refractivity contribution in [3.05, 3.63) is 29.8 Å². The minimum absolute atomic E-state index is 0. The van der Waals surface area contributed by atoms with Crippen LogP contribution in [0.2, 0.25) is 0 Å². The van der Waals surface area contributed by atoms with Crippen LogP contribution in [-0.2, 0) is 6.18 Å². The van der Waals surface area contributed by atoms with E-state index in [9.17, 15) is 13.2 Å². The lowest BCUT2D eigenvalue weighted by Gasteiger charge is -2.06. The van der Waals surface area contributed by atoms with E-state index in [2.05, 4.69) is 5.32 Å². The SMILES string of the molecule is CNc1ccc(C(F)(F)F)cc1.Cl.Cl. The van der Waals surface area contributed by atoms with Crippen LogP contribution in [0.4, 0.5) is 18.9 Å². The zero-order valence-corrected chi connectivity index (χ0v) is 8.89. The molecule has 0 heterocycles. The molecule has 1 aromatic rings. The molecule has 0 aliphatic heterocycles. The number of alkyl halides is 3. The minimum atomic E-state index is -4.24. The van der Waals surface area contributed by atoms with Gasteiger partial charge in [-0.2, -0.15) is 13.2 Å². The first-order valence-corrected chi connectivity index (χ1v) is 3.39. The summed E-state index contributed by atoms with van der Waals surface area (Å²) in [5, 5.41) is 2.74. The average molecular weight is 248 g/mol. The number of anilines is 1. The van der Waals surface area contributed by atoms with Crippen molar-refractivity contribution in [2.45, 2.75) is 6.18 Å². The maximum absolute atomic E-state index is 12.0. The number of rotatable bonds is 1. The Kier molecular flexibility index (Phi) is 6.77. The quantitative estimate of drug-likeness (QED) is 0.800. The fourth-order valence-corrected chi connectivity index (χ4v) is 0.826. The van der Waals surface area contributed by atoms with Gasteiger partial charge in [-0.3, -0.25) is 0 Å². The molecule has 0 saturated carbocycles.